The van der Waals surface area contributed by atoms with Crippen LogP contribution in [0.4, 0.5) is 0 Å². The topological polar surface area (TPSA) is 84.7 Å². The van der Waals surface area contributed by atoms with Crippen molar-refractivity contribution in [3.05, 3.63) is 35.9 Å². The number of nitrogens with one attached hydrogen (secondary N) is 1. The van der Waals surface area contributed by atoms with Gasteiger partial charge in [-0.2, -0.15) is 12.7 Å². The molecule has 7 heteroatoms. The minimum Gasteiger partial charge on any atom is -0.373 e. The van der Waals surface area contributed by atoms with Crippen LogP contribution in [0.1, 0.15) is 25.5 Å². The molecule has 0 amide bonds. The molecular weight excluding hydrogens is 290 g/mol. The van der Waals surface area contributed by atoms with E-state index in [1.165, 1.54) is 4.31 Å². The van der Waals surface area contributed by atoms with Gasteiger partial charge in [0, 0.05) is 25.7 Å². The zero-order valence-electron chi connectivity index (χ0n) is 12.4. The minimum atomic E-state index is -3.53. The summed E-state index contributed by atoms with van der Waals surface area (Å²) >= 11 is 0. The van der Waals surface area contributed by atoms with Gasteiger partial charge in [-0.05, 0) is 19.4 Å². The van der Waals surface area contributed by atoms with E-state index in [-0.39, 0.29) is 24.8 Å². The Labute approximate surface area is 126 Å². The highest BCUT2D eigenvalue weighted by Crippen LogP contribution is 2.14. The average molecular weight is 313 g/mol. The molecule has 0 radical (unpaired) electrons. The summed E-state index contributed by atoms with van der Waals surface area (Å²) in [5, 5.41) is 0. The van der Waals surface area contributed by atoms with E-state index in [1.807, 2.05) is 44.2 Å². The van der Waals surface area contributed by atoms with Gasteiger partial charge in [-0.1, -0.05) is 30.3 Å². The summed E-state index contributed by atoms with van der Waals surface area (Å²) in [6, 6.07) is 9.08. The van der Waals surface area contributed by atoms with Gasteiger partial charge in [0.05, 0.1) is 12.2 Å². The molecule has 1 aromatic rings. The Hall–Kier alpha value is -0.990. The van der Waals surface area contributed by atoms with Crippen LogP contribution >= 0.6 is 0 Å². The first-order valence-electron chi connectivity index (χ1n) is 7.09. The number of rotatable bonds is 5. The molecule has 0 aliphatic carbocycles. The van der Waals surface area contributed by atoms with E-state index in [2.05, 4.69) is 4.72 Å². The number of morpholine rings is 1. The molecule has 3 N–H and O–H groups in total. The summed E-state index contributed by atoms with van der Waals surface area (Å²) in [5.74, 6) is 0. The lowest BCUT2D eigenvalue weighted by Gasteiger charge is -2.34. The van der Waals surface area contributed by atoms with Crippen molar-refractivity contribution in [1.29, 1.82) is 0 Å². The SMILES string of the molecule is C[C@@H]1CN(S(=O)(=O)NC[C@H](N)c2ccccc2)C[C@H](C)O1. The first-order valence-corrected chi connectivity index (χ1v) is 8.53. The highest BCUT2D eigenvalue weighted by Gasteiger charge is 2.30. The zero-order valence-corrected chi connectivity index (χ0v) is 13.2. The molecule has 1 aliphatic rings. The molecule has 3 atom stereocenters. The van der Waals surface area contributed by atoms with Crippen LogP contribution in [0.15, 0.2) is 30.3 Å². The first kappa shape index (κ1) is 16.4. The van der Waals surface area contributed by atoms with Gasteiger partial charge in [0.1, 0.15) is 0 Å². The van der Waals surface area contributed by atoms with Crippen molar-refractivity contribution in [1.82, 2.24) is 9.03 Å². The fourth-order valence-electron chi connectivity index (χ4n) is 2.43. The van der Waals surface area contributed by atoms with Crippen molar-refractivity contribution >= 4 is 10.2 Å². The van der Waals surface area contributed by atoms with E-state index in [0.29, 0.717) is 13.1 Å². The Kier molecular flexibility index (Phi) is 5.34. The molecule has 1 saturated heterocycles. The fraction of sp³-hybridized carbons (Fsp3) is 0.571. The monoisotopic (exact) mass is 313 g/mol. The number of hydrogen-bond donors (Lipinski definition) is 2. The molecule has 21 heavy (non-hydrogen) atoms. The summed E-state index contributed by atoms with van der Waals surface area (Å²) in [6.45, 7) is 4.63. The van der Waals surface area contributed by atoms with Gasteiger partial charge in [0.15, 0.2) is 0 Å². The maximum atomic E-state index is 12.3. The number of benzene rings is 1. The molecule has 2 rings (SSSR count). The normalized spacial score (nSPS) is 25.7. The molecule has 1 fully saturated rings. The van der Waals surface area contributed by atoms with Crippen molar-refractivity contribution in [3.63, 3.8) is 0 Å². The first-order chi connectivity index (χ1) is 9.88. The molecule has 0 saturated carbocycles. The predicted octanol–water partition coefficient (Wildman–Crippen LogP) is 0.630. The Morgan fingerprint density at radius 3 is 2.43 bits per heavy atom. The van der Waals surface area contributed by atoms with Crippen LogP contribution in [0, 0.1) is 0 Å². The summed E-state index contributed by atoms with van der Waals surface area (Å²) in [4.78, 5) is 0. The summed E-state index contributed by atoms with van der Waals surface area (Å²) in [6.07, 6.45) is -0.207. The van der Waals surface area contributed by atoms with Gasteiger partial charge in [-0.3, -0.25) is 0 Å². The Morgan fingerprint density at radius 2 is 1.86 bits per heavy atom. The molecule has 118 valence electrons. The van der Waals surface area contributed by atoms with E-state index < -0.39 is 10.2 Å². The number of nitrogens with two attached hydrogens (primary N) is 1. The highest BCUT2D eigenvalue weighted by atomic mass is 32.2. The number of nitrogens with zero attached hydrogens (tertiary/aromatic N) is 1. The Bertz CT molecular complexity index is 540. The van der Waals surface area contributed by atoms with Gasteiger partial charge in [0.2, 0.25) is 0 Å². The average Bonchev–Trinajstić information content (AvgIpc) is 2.45. The van der Waals surface area contributed by atoms with Crippen LogP contribution in [0.25, 0.3) is 0 Å². The largest absolute Gasteiger partial charge is 0.373 e. The molecule has 1 heterocycles. The molecule has 6 nitrogen and oxygen atoms in total. The standard InChI is InChI=1S/C14H23N3O3S/c1-11-9-17(10-12(2)20-11)21(18,19)16-8-14(15)13-6-4-3-5-7-13/h3-7,11-12,14,16H,8-10,15H2,1-2H3/t11-,12+,14-/m0/s1. The quantitative estimate of drug-likeness (QED) is 0.835. The van der Waals surface area contributed by atoms with Crippen LogP contribution < -0.4 is 10.5 Å². The lowest BCUT2D eigenvalue weighted by Crippen LogP contribution is -2.52. The van der Waals surface area contributed by atoms with Gasteiger partial charge >= 0.3 is 0 Å². The molecule has 0 bridgehead atoms. The molecule has 1 aromatic carbocycles. The lowest BCUT2D eigenvalue weighted by atomic mass is 10.1. The van der Waals surface area contributed by atoms with Gasteiger partial charge in [-0.15, -0.1) is 0 Å². The van der Waals surface area contributed by atoms with Crippen LogP contribution in [0.2, 0.25) is 0 Å². The molecule has 0 unspecified atom stereocenters. The third-order valence-corrected chi connectivity index (χ3v) is 4.95. The fourth-order valence-corrected chi connectivity index (χ4v) is 3.82. The zero-order chi connectivity index (χ0) is 15.5. The van der Waals surface area contributed by atoms with E-state index in [4.69, 9.17) is 10.5 Å². The second kappa shape index (κ2) is 6.85. The van der Waals surface area contributed by atoms with Crippen molar-refractivity contribution in [2.45, 2.75) is 32.1 Å². The third-order valence-electron chi connectivity index (χ3n) is 3.44. The van der Waals surface area contributed by atoms with Crippen LogP contribution in [-0.4, -0.2) is 44.6 Å². The maximum Gasteiger partial charge on any atom is 0.279 e. The summed E-state index contributed by atoms with van der Waals surface area (Å²) in [5.41, 5.74) is 6.92. The molecular formula is C14H23N3O3S. The smallest absolute Gasteiger partial charge is 0.279 e. The number of hydrogen-bond acceptors (Lipinski definition) is 4. The van der Waals surface area contributed by atoms with Gasteiger partial charge < -0.3 is 10.5 Å². The van der Waals surface area contributed by atoms with Crippen LogP contribution in [-0.2, 0) is 14.9 Å². The van der Waals surface area contributed by atoms with Crippen molar-refractivity contribution in [3.8, 4) is 0 Å². The third kappa shape index (κ3) is 4.49. The summed E-state index contributed by atoms with van der Waals surface area (Å²) < 4.78 is 34.2. The van der Waals surface area contributed by atoms with E-state index in [0.717, 1.165) is 5.56 Å². The molecule has 1 aliphatic heterocycles. The van der Waals surface area contributed by atoms with Gasteiger partial charge in [-0.25, -0.2) is 4.72 Å². The Balaban J connectivity index is 1.95. The second-order valence-electron chi connectivity index (χ2n) is 5.44. The highest BCUT2D eigenvalue weighted by molar-refractivity contribution is 7.87. The molecule has 0 aromatic heterocycles. The van der Waals surface area contributed by atoms with Gasteiger partial charge in [0.25, 0.3) is 10.2 Å². The minimum absolute atomic E-state index is 0.104. The number of ether oxygens (including phenoxy) is 1. The van der Waals surface area contributed by atoms with Crippen molar-refractivity contribution < 1.29 is 13.2 Å². The van der Waals surface area contributed by atoms with E-state index >= 15 is 0 Å². The van der Waals surface area contributed by atoms with E-state index in [1.54, 1.807) is 0 Å². The predicted molar refractivity (Wildman–Crippen MR) is 81.9 cm³/mol. The van der Waals surface area contributed by atoms with Crippen LogP contribution in [0.3, 0.4) is 0 Å². The lowest BCUT2D eigenvalue weighted by molar-refractivity contribution is -0.0443. The molecule has 0 spiro atoms. The second-order valence-corrected chi connectivity index (χ2v) is 7.20. The van der Waals surface area contributed by atoms with Crippen LogP contribution in [0.5, 0.6) is 0 Å². The Morgan fingerprint density at radius 1 is 1.29 bits per heavy atom. The summed E-state index contributed by atoms with van der Waals surface area (Å²) in [7, 11) is -3.53. The van der Waals surface area contributed by atoms with E-state index in [9.17, 15) is 8.42 Å². The maximum absolute atomic E-state index is 12.3. The van der Waals surface area contributed by atoms with Crippen molar-refractivity contribution in [2.75, 3.05) is 19.6 Å². The van der Waals surface area contributed by atoms with Crippen molar-refractivity contribution in [2.24, 2.45) is 5.73 Å².